The molecule has 1 aromatic heterocycles. The van der Waals surface area contributed by atoms with E-state index in [-0.39, 0.29) is 12.5 Å². The fourth-order valence-corrected chi connectivity index (χ4v) is 2.04. The number of carbonyl (C=O) groups is 1. The maximum atomic E-state index is 11.8. The van der Waals surface area contributed by atoms with Crippen molar-refractivity contribution in [2.24, 2.45) is 5.10 Å². The largest absolute Gasteiger partial charge is 0.483 e. The third-order valence-corrected chi connectivity index (χ3v) is 3.53. The number of nitrogens with zero attached hydrogens (tertiary/aromatic N) is 2. The van der Waals surface area contributed by atoms with E-state index in [1.165, 1.54) is 0 Å². The van der Waals surface area contributed by atoms with Crippen LogP contribution in [0.5, 0.6) is 5.75 Å². The van der Waals surface area contributed by atoms with Gasteiger partial charge in [0.05, 0.1) is 6.21 Å². The van der Waals surface area contributed by atoms with Crippen LogP contribution in [0, 0.1) is 0 Å². The van der Waals surface area contributed by atoms with Gasteiger partial charge in [-0.3, -0.25) is 9.78 Å². The summed E-state index contributed by atoms with van der Waals surface area (Å²) in [5.41, 5.74) is 4.43. The number of nitrogens with one attached hydrogen (secondary N) is 1. The average Bonchev–Trinajstić information content (AvgIpc) is 2.60. The van der Waals surface area contributed by atoms with Crippen molar-refractivity contribution in [1.29, 1.82) is 0 Å². The SMILES string of the molecule is CCC(C)c1ccccc1OCC(=O)NN=Cc1ccncc1. The maximum absolute atomic E-state index is 11.8. The third-order valence-electron chi connectivity index (χ3n) is 3.53. The highest BCUT2D eigenvalue weighted by Gasteiger charge is 2.10. The van der Waals surface area contributed by atoms with Gasteiger partial charge in [0.2, 0.25) is 0 Å². The smallest absolute Gasteiger partial charge is 0.277 e. The minimum atomic E-state index is -0.297. The zero-order valence-corrected chi connectivity index (χ0v) is 13.4. The molecule has 0 aliphatic rings. The van der Waals surface area contributed by atoms with E-state index >= 15 is 0 Å². The summed E-state index contributed by atoms with van der Waals surface area (Å²) in [5, 5.41) is 3.90. The second-order valence-corrected chi connectivity index (χ2v) is 5.21. The number of pyridine rings is 1. The Morgan fingerprint density at radius 3 is 2.78 bits per heavy atom. The van der Waals surface area contributed by atoms with E-state index in [9.17, 15) is 4.79 Å². The normalized spacial score (nSPS) is 12.1. The lowest BCUT2D eigenvalue weighted by atomic mass is 9.98. The second kappa shape index (κ2) is 8.68. The van der Waals surface area contributed by atoms with Crippen molar-refractivity contribution in [3.05, 3.63) is 59.9 Å². The van der Waals surface area contributed by atoms with Gasteiger partial charge in [0, 0.05) is 12.4 Å². The zero-order valence-electron chi connectivity index (χ0n) is 13.4. The molecule has 23 heavy (non-hydrogen) atoms. The fourth-order valence-electron chi connectivity index (χ4n) is 2.04. The van der Waals surface area contributed by atoms with Crippen LogP contribution in [-0.4, -0.2) is 23.7 Å². The zero-order chi connectivity index (χ0) is 16.5. The van der Waals surface area contributed by atoms with Crippen LogP contribution in [0.2, 0.25) is 0 Å². The molecule has 2 aromatic rings. The van der Waals surface area contributed by atoms with Crippen molar-refractivity contribution in [2.75, 3.05) is 6.61 Å². The highest BCUT2D eigenvalue weighted by atomic mass is 16.5. The van der Waals surface area contributed by atoms with Crippen molar-refractivity contribution in [3.63, 3.8) is 0 Å². The number of carbonyl (C=O) groups excluding carboxylic acids is 1. The average molecular weight is 311 g/mol. The van der Waals surface area contributed by atoms with E-state index in [1.54, 1.807) is 30.7 Å². The van der Waals surface area contributed by atoms with Gasteiger partial charge in [-0.15, -0.1) is 0 Å². The highest BCUT2D eigenvalue weighted by Crippen LogP contribution is 2.28. The molecule has 0 saturated heterocycles. The first kappa shape index (κ1) is 16.7. The molecule has 5 nitrogen and oxygen atoms in total. The predicted molar refractivity (Wildman–Crippen MR) is 90.6 cm³/mol. The fraction of sp³-hybridized carbons (Fsp3) is 0.278. The van der Waals surface area contributed by atoms with Gasteiger partial charge in [0.15, 0.2) is 6.61 Å². The van der Waals surface area contributed by atoms with E-state index in [0.29, 0.717) is 5.92 Å². The molecule has 1 aromatic carbocycles. The highest BCUT2D eigenvalue weighted by molar-refractivity contribution is 5.82. The molecule has 0 spiro atoms. The van der Waals surface area contributed by atoms with Crippen LogP contribution < -0.4 is 10.2 Å². The minimum Gasteiger partial charge on any atom is -0.483 e. The Morgan fingerprint density at radius 2 is 2.04 bits per heavy atom. The van der Waals surface area contributed by atoms with E-state index in [1.807, 2.05) is 24.3 Å². The van der Waals surface area contributed by atoms with E-state index in [4.69, 9.17) is 4.74 Å². The predicted octanol–water partition coefficient (Wildman–Crippen LogP) is 3.12. The summed E-state index contributed by atoms with van der Waals surface area (Å²) in [7, 11) is 0. The van der Waals surface area contributed by atoms with Gasteiger partial charge in [-0.05, 0) is 41.7 Å². The van der Waals surface area contributed by atoms with Crippen molar-refractivity contribution < 1.29 is 9.53 Å². The van der Waals surface area contributed by atoms with Gasteiger partial charge in [-0.1, -0.05) is 32.0 Å². The summed E-state index contributed by atoms with van der Waals surface area (Å²) in [5.74, 6) is 0.836. The Morgan fingerprint density at radius 1 is 1.30 bits per heavy atom. The van der Waals surface area contributed by atoms with Crippen LogP contribution in [0.25, 0.3) is 0 Å². The van der Waals surface area contributed by atoms with Gasteiger partial charge in [-0.2, -0.15) is 5.10 Å². The quantitative estimate of drug-likeness (QED) is 0.631. The number of para-hydroxylation sites is 1. The number of hydrogen-bond donors (Lipinski definition) is 1. The molecule has 0 aliphatic heterocycles. The Balaban J connectivity index is 1.86. The molecule has 1 N–H and O–H groups in total. The maximum Gasteiger partial charge on any atom is 0.277 e. The van der Waals surface area contributed by atoms with Crippen molar-refractivity contribution in [2.45, 2.75) is 26.2 Å². The molecular formula is C18H21N3O2. The van der Waals surface area contributed by atoms with Crippen LogP contribution in [0.3, 0.4) is 0 Å². The Kier molecular flexibility index (Phi) is 6.29. The first-order valence-electron chi connectivity index (χ1n) is 7.64. The van der Waals surface area contributed by atoms with Crippen molar-refractivity contribution >= 4 is 12.1 Å². The molecule has 1 amide bonds. The number of aromatic nitrogens is 1. The lowest BCUT2D eigenvalue weighted by Gasteiger charge is -2.15. The molecule has 0 saturated carbocycles. The molecule has 0 fully saturated rings. The summed E-state index contributed by atoms with van der Waals surface area (Å²) < 4.78 is 5.63. The molecule has 1 unspecified atom stereocenters. The van der Waals surface area contributed by atoms with Gasteiger partial charge in [0.1, 0.15) is 5.75 Å². The number of hydrogen-bond acceptors (Lipinski definition) is 4. The van der Waals surface area contributed by atoms with Gasteiger partial charge in [-0.25, -0.2) is 5.43 Å². The molecular weight excluding hydrogens is 290 g/mol. The Bertz CT molecular complexity index is 656. The van der Waals surface area contributed by atoms with E-state index < -0.39 is 0 Å². The minimum absolute atomic E-state index is 0.0683. The second-order valence-electron chi connectivity index (χ2n) is 5.21. The topological polar surface area (TPSA) is 63.6 Å². The van der Waals surface area contributed by atoms with Crippen LogP contribution in [-0.2, 0) is 4.79 Å². The van der Waals surface area contributed by atoms with E-state index in [0.717, 1.165) is 23.3 Å². The Labute approximate surface area is 136 Å². The standard InChI is InChI=1S/C18H21N3O2/c1-3-14(2)16-6-4-5-7-17(16)23-13-18(22)21-20-12-15-8-10-19-11-9-15/h4-12,14H,3,13H2,1-2H3,(H,21,22). The molecule has 0 bridgehead atoms. The van der Waals surface area contributed by atoms with Crippen LogP contribution in [0.4, 0.5) is 0 Å². The van der Waals surface area contributed by atoms with Crippen molar-refractivity contribution in [3.8, 4) is 5.75 Å². The monoisotopic (exact) mass is 311 g/mol. The van der Waals surface area contributed by atoms with Crippen LogP contribution in [0.15, 0.2) is 53.9 Å². The lowest BCUT2D eigenvalue weighted by Crippen LogP contribution is -2.24. The van der Waals surface area contributed by atoms with Gasteiger partial charge >= 0.3 is 0 Å². The molecule has 0 radical (unpaired) electrons. The van der Waals surface area contributed by atoms with Crippen LogP contribution in [0.1, 0.15) is 37.3 Å². The third kappa shape index (κ3) is 5.21. The van der Waals surface area contributed by atoms with Gasteiger partial charge < -0.3 is 4.74 Å². The number of ether oxygens (including phenoxy) is 1. The van der Waals surface area contributed by atoms with Crippen molar-refractivity contribution in [1.82, 2.24) is 10.4 Å². The number of benzene rings is 1. The Hall–Kier alpha value is -2.69. The lowest BCUT2D eigenvalue weighted by molar-refractivity contribution is -0.123. The first-order chi connectivity index (χ1) is 11.2. The van der Waals surface area contributed by atoms with Gasteiger partial charge in [0.25, 0.3) is 5.91 Å². The summed E-state index contributed by atoms with van der Waals surface area (Å²) >= 11 is 0. The molecule has 120 valence electrons. The molecule has 0 aliphatic carbocycles. The number of rotatable bonds is 7. The first-order valence-corrected chi connectivity index (χ1v) is 7.64. The summed E-state index contributed by atoms with van der Waals surface area (Å²) in [6.45, 7) is 4.20. The number of hydrazone groups is 1. The number of amides is 1. The summed E-state index contributed by atoms with van der Waals surface area (Å²) in [6, 6.07) is 11.4. The van der Waals surface area contributed by atoms with Crippen LogP contribution >= 0.6 is 0 Å². The summed E-state index contributed by atoms with van der Waals surface area (Å²) in [4.78, 5) is 15.7. The molecule has 1 heterocycles. The molecule has 1 atom stereocenters. The van der Waals surface area contributed by atoms with E-state index in [2.05, 4.69) is 29.4 Å². The summed E-state index contributed by atoms with van der Waals surface area (Å²) in [6.07, 6.45) is 5.91. The molecule has 2 rings (SSSR count). The molecule has 5 heteroatoms.